The Balaban J connectivity index is 1.46. The Morgan fingerprint density at radius 2 is 1.83 bits per heavy atom. The number of carbonyl (C=O) groups excluding carboxylic acids is 1. The van der Waals surface area contributed by atoms with Gasteiger partial charge in [0, 0.05) is 7.05 Å². The van der Waals surface area contributed by atoms with Crippen molar-refractivity contribution in [2.45, 2.75) is 0 Å². The third-order valence-electron chi connectivity index (χ3n) is 4.20. The molecule has 1 N–H and O–H groups in total. The van der Waals surface area contributed by atoms with E-state index in [4.69, 9.17) is 4.74 Å². The molecule has 1 amide bonds. The van der Waals surface area contributed by atoms with Gasteiger partial charge in [0.1, 0.15) is 17.1 Å². The highest BCUT2D eigenvalue weighted by atomic mass is 32.1. The van der Waals surface area contributed by atoms with Crippen molar-refractivity contribution >= 4 is 38.3 Å². The second-order valence-corrected chi connectivity index (χ2v) is 7.41. The highest BCUT2D eigenvalue weighted by Gasteiger charge is 2.15. The van der Waals surface area contributed by atoms with E-state index in [1.54, 1.807) is 30.1 Å². The van der Waals surface area contributed by atoms with Gasteiger partial charge in [0.05, 0.1) is 16.9 Å². The third-order valence-corrected chi connectivity index (χ3v) is 5.33. The molecule has 1 heterocycles. The van der Waals surface area contributed by atoms with Crippen molar-refractivity contribution in [2.75, 3.05) is 23.8 Å². The van der Waals surface area contributed by atoms with Gasteiger partial charge < -0.3 is 15.0 Å². The average Bonchev–Trinajstić information content (AvgIpc) is 3.16. The van der Waals surface area contributed by atoms with E-state index in [1.807, 2.05) is 48.5 Å². The van der Waals surface area contributed by atoms with Crippen LogP contribution < -0.4 is 15.0 Å². The largest absolute Gasteiger partial charge is 0.455 e. The number of anilines is 2. The number of nitrogens with one attached hydrogen (secondary N) is 1. The minimum Gasteiger partial charge on any atom is -0.455 e. The Hall–Kier alpha value is -3.45. The van der Waals surface area contributed by atoms with Crippen LogP contribution in [0.5, 0.6) is 11.5 Å². The van der Waals surface area contributed by atoms with Gasteiger partial charge in [-0.05, 0) is 36.4 Å². The first-order valence-corrected chi connectivity index (χ1v) is 9.80. The molecule has 0 saturated heterocycles. The summed E-state index contributed by atoms with van der Waals surface area (Å²) in [5.41, 5.74) is 0.895. The second-order valence-electron chi connectivity index (χ2n) is 6.40. The Morgan fingerprint density at radius 1 is 1.07 bits per heavy atom. The zero-order valence-corrected chi connectivity index (χ0v) is 16.4. The maximum absolute atomic E-state index is 13.9. The zero-order valence-electron chi connectivity index (χ0n) is 15.6. The molecule has 0 unspecified atom stereocenters. The molecule has 0 bridgehead atoms. The number of aromatic nitrogens is 1. The summed E-state index contributed by atoms with van der Waals surface area (Å²) in [6.45, 7) is 0.0705. The first kappa shape index (κ1) is 18.9. The summed E-state index contributed by atoms with van der Waals surface area (Å²) in [4.78, 5) is 18.6. The number of likely N-dealkylation sites (N-methyl/N-ethyl adjacent to an activating group) is 1. The Morgan fingerprint density at radius 3 is 2.62 bits per heavy atom. The molecule has 29 heavy (non-hydrogen) atoms. The van der Waals surface area contributed by atoms with E-state index in [0.717, 1.165) is 4.70 Å². The lowest BCUT2D eigenvalue weighted by Gasteiger charge is -2.16. The monoisotopic (exact) mass is 407 g/mol. The van der Waals surface area contributed by atoms with Gasteiger partial charge in [-0.1, -0.05) is 47.7 Å². The van der Waals surface area contributed by atoms with E-state index >= 15 is 0 Å². The van der Waals surface area contributed by atoms with Crippen LogP contribution in [-0.4, -0.2) is 24.5 Å². The summed E-state index contributed by atoms with van der Waals surface area (Å²) >= 11 is 1.34. The van der Waals surface area contributed by atoms with E-state index in [2.05, 4.69) is 10.3 Å². The Bertz CT molecular complexity index is 1150. The van der Waals surface area contributed by atoms with Crippen LogP contribution in [0.2, 0.25) is 0 Å². The SMILES string of the molecule is CN(CC(=O)Nc1ccccc1Oc1ccccc1)c1nc2c(F)cccc2s1. The van der Waals surface area contributed by atoms with Crippen LogP contribution in [0.1, 0.15) is 0 Å². The first-order valence-electron chi connectivity index (χ1n) is 8.98. The van der Waals surface area contributed by atoms with Crippen LogP contribution in [0.3, 0.4) is 0 Å². The van der Waals surface area contributed by atoms with E-state index < -0.39 is 0 Å². The van der Waals surface area contributed by atoms with Crippen LogP contribution in [0, 0.1) is 5.82 Å². The fraction of sp³-hybridized carbons (Fsp3) is 0.0909. The van der Waals surface area contributed by atoms with E-state index in [-0.39, 0.29) is 18.3 Å². The van der Waals surface area contributed by atoms with Gasteiger partial charge in [-0.25, -0.2) is 9.37 Å². The normalized spacial score (nSPS) is 10.7. The molecule has 0 aliphatic heterocycles. The van der Waals surface area contributed by atoms with Crippen molar-refractivity contribution in [1.82, 2.24) is 4.98 Å². The number of carbonyl (C=O) groups is 1. The third kappa shape index (κ3) is 4.35. The minimum atomic E-state index is -0.366. The van der Waals surface area contributed by atoms with Gasteiger partial charge in [0.2, 0.25) is 5.91 Å². The summed E-state index contributed by atoms with van der Waals surface area (Å²) < 4.78 is 20.5. The number of benzene rings is 3. The smallest absolute Gasteiger partial charge is 0.244 e. The van der Waals surface area contributed by atoms with Crippen molar-refractivity contribution in [3.63, 3.8) is 0 Å². The Kier molecular flexibility index (Phi) is 5.39. The number of amides is 1. The number of para-hydroxylation sites is 4. The molecule has 5 nitrogen and oxygen atoms in total. The number of fused-ring (bicyclic) bond motifs is 1. The predicted molar refractivity (Wildman–Crippen MR) is 114 cm³/mol. The Labute approximate surface area is 171 Å². The fourth-order valence-electron chi connectivity index (χ4n) is 2.81. The lowest BCUT2D eigenvalue weighted by Crippen LogP contribution is -2.30. The molecule has 0 radical (unpaired) electrons. The molecule has 0 fully saturated rings. The zero-order chi connectivity index (χ0) is 20.2. The molecule has 0 saturated carbocycles. The highest BCUT2D eigenvalue weighted by molar-refractivity contribution is 7.22. The second kappa shape index (κ2) is 8.28. The molecule has 0 atom stereocenters. The summed E-state index contributed by atoms with van der Waals surface area (Å²) in [5, 5.41) is 3.45. The molecule has 0 aliphatic rings. The topological polar surface area (TPSA) is 54.5 Å². The molecule has 0 aliphatic carbocycles. The van der Waals surface area contributed by atoms with Crippen molar-refractivity contribution in [3.8, 4) is 11.5 Å². The van der Waals surface area contributed by atoms with Crippen LogP contribution >= 0.6 is 11.3 Å². The van der Waals surface area contributed by atoms with Crippen LogP contribution in [0.15, 0.2) is 72.8 Å². The van der Waals surface area contributed by atoms with E-state index in [1.165, 1.54) is 17.4 Å². The summed E-state index contributed by atoms with van der Waals surface area (Å²) in [7, 11) is 1.75. The van der Waals surface area contributed by atoms with Gasteiger partial charge in [0.15, 0.2) is 10.9 Å². The number of rotatable bonds is 6. The molecule has 3 aromatic carbocycles. The van der Waals surface area contributed by atoms with Crippen molar-refractivity contribution in [1.29, 1.82) is 0 Å². The maximum atomic E-state index is 13.9. The lowest BCUT2D eigenvalue weighted by atomic mass is 10.3. The van der Waals surface area contributed by atoms with Crippen LogP contribution in [0.4, 0.5) is 15.2 Å². The van der Waals surface area contributed by atoms with Crippen LogP contribution in [0.25, 0.3) is 10.2 Å². The molecule has 0 spiro atoms. The van der Waals surface area contributed by atoms with Crippen molar-refractivity contribution in [2.24, 2.45) is 0 Å². The molecule has 1 aromatic heterocycles. The van der Waals surface area contributed by atoms with Gasteiger partial charge in [-0.3, -0.25) is 4.79 Å². The molecule has 4 aromatic rings. The molecule has 146 valence electrons. The van der Waals surface area contributed by atoms with E-state index in [9.17, 15) is 9.18 Å². The van der Waals surface area contributed by atoms with Gasteiger partial charge in [-0.2, -0.15) is 0 Å². The number of hydrogen-bond acceptors (Lipinski definition) is 5. The molecular formula is C22H18FN3O2S. The quantitative estimate of drug-likeness (QED) is 0.471. The van der Waals surface area contributed by atoms with Gasteiger partial charge >= 0.3 is 0 Å². The molecular weight excluding hydrogens is 389 g/mol. The maximum Gasteiger partial charge on any atom is 0.244 e. The number of halogens is 1. The minimum absolute atomic E-state index is 0.0705. The summed E-state index contributed by atoms with van der Waals surface area (Å²) in [6.07, 6.45) is 0. The standard InChI is InChI=1S/C22H18FN3O2S/c1-26(22-25-21-16(23)10-7-13-19(21)29-22)14-20(27)24-17-11-5-6-12-18(17)28-15-8-3-2-4-9-15/h2-13H,14H2,1H3,(H,24,27). The van der Waals surface area contributed by atoms with Gasteiger partial charge in [0.25, 0.3) is 0 Å². The average molecular weight is 407 g/mol. The number of nitrogens with zero attached hydrogens (tertiary/aromatic N) is 2. The fourth-order valence-corrected chi connectivity index (χ4v) is 3.75. The molecule has 4 rings (SSSR count). The summed E-state index contributed by atoms with van der Waals surface area (Å²) in [6, 6.07) is 21.4. The highest BCUT2D eigenvalue weighted by Crippen LogP contribution is 2.31. The predicted octanol–water partition coefficient (Wildman–Crippen LogP) is 5.30. The summed E-state index contributed by atoms with van der Waals surface area (Å²) in [5.74, 6) is 0.644. The number of thiazole rings is 1. The van der Waals surface area contributed by atoms with Gasteiger partial charge in [-0.15, -0.1) is 0 Å². The number of hydrogen-bond donors (Lipinski definition) is 1. The van der Waals surface area contributed by atoms with Crippen molar-refractivity contribution < 1.29 is 13.9 Å². The van der Waals surface area contributed by atoms with Crippen molar-refractivity contribution in [3.05, 3.63) is 78.6 Å². The first-order chi connectivity index (χ1) is 14.1. The molecule has 7 heteroatoms. The number of ether oxygens (including phenoxy) is 1. The lowest BCUT2D eigenvalue weighted by molar-refractivity contribution is -0.114. The van der Waals surface area contributed by atoms with Crippen LogP contribution in [-0.2, 0) is 4.79 Å². The van der Waals surface area contributed by atoms with E-state index in [0.29, 0.717) is 27.8 Å².